The summed E-state index contributed by atoms with van der Waals surface area (Å²) in [6.45, 7) is 1.91. The molecule has 0 saturated carbocycles. The number of likely N-dealkylation sites (tertiary alicyclic amines) is 1. The average Bonchev–Trinajstić information content (AvgIpc) is 3.14. The quantitative estimate of drug-likeness (QED) is 0.771. The number of urea groups is 1. The number of hydrogen-bond acceptors (Lipinski definition) is 3. The molecule has 0 aliphatic carbocycles. The molecule has 1 N–H and O–H groups in total. The first kappa shape index (κ1) is 17.5. The molecule has 3 aromatic rings. The molecule has 3 heterocycles. The van der Waals surface area contributed by atoms with Crippen LogP contribution in [0.15, 0.2) is 48.7 Å². The molecule has 6 nitrogen and oxygen atoms in total. The highest BCUT2D eigenvalue weighted by Gasteiger charge is 2.27. The third kappa shape index (κ3) is 3.92. The molecule has 4 rings (SSSR count). The van der Waals surface area contributed by atoms with Crippen LogP contribution in [0.25, 0.3) is 5.65 Å². The summed E-state index contributed by atoms with van der Waals surface area (Å²) in [6, 6.07) is 12.1. The lowest BCUT2D eigenvalue weighted by Gasteiger charge is -2.32. The van der Waals surface area contributed by atoms with Crippen molar-refractivity contribution < 1.29 is 9.18 Å². The molecule has 7 heteroatoms. The molecule has 140 valence electrons. The van der Waals surface area contributed by atoms with Gasteiger partial charge in [-0.05, 0) is 49.1 Å². The van der Waals surface area contributed by atoms with Gasteiger partial charge in [0.25, 0.3) is 0 Å². The van der Waals surface area contributed by atoms with Crippen molar-refractivity contribution in [2.24, 2.45) is 0 Å². The molecule has 1 atom stereocenters. The van der Waals surface area contributed by atoms with E-state index in [1.54, 1.807) is 12.1 Å². The van der Waals surface area contributed by atoms with E-state index in [0.717, 1.165) is 36.4 Å². The topological polar surface area (TPSA) is 62.5 Å². The third-order valence-corrected chi connectivity index (χ3v) is 5.02. The van der Waals surface area contributed by atoms with Crippen LogP contribution in [-0.4, -0.2) is 45.2 Å². The van der Waals surface area contributed by atoms with Gasteiger partial charge in [-0.1, -0.05) is 18.2 Å². The number of carbonyl (C=O) groups is 1. The van der Waals surface area contributed by atoms with Crippen molar-refractivity contribution in [2.45, 2.75) is 25.2 Å². The van der Waals surface area contributed by atoms with Crippen LogP contribution in [0.5, 0.6) is 0 Å². The number of nitrogens with one attached hydrogen (secondary N) is 1. The van der Waals surface area contributed by atoms with E-state index in [1.807, 2.05) is 33.7 Å². The first-order valence-electron chi connectivity index (χ1n) is 9.27. The SMILES string of the molecule is O=C(NCCc1ccc(F)cc1)N1CCCC(c2nnc3ccccn23)C1. The lowest BCUT2D eigenvalue weighted by molar-refractivity contribution is 0.178. The Morgan fingerprint density at radius 1 is 1.19 bits per heavy atom. The fraction of sp³-hybridized carbons (Fsp3) is 0.350. The number of halogens is 1. The maximum Gasteiger partial charge on any atom is 0.317 e. The second-order valence-corrected chi connectivity index (χ2v) is 6.88. The fourth-order valence-corrected chi connectivity index (χ4v) is 3.59. The van der Waals surface area contributed by atoms with Crippen LogP contribution in [0.3, 0.4) is 0 Å². The highest BCUT2D eigenvalue weighted by atomic mass is 19.1. The van der Waals surface area contributed by atoms with Crippen LogP contribution in [0, 0.1) is 5.82 Å². The number of pyridine rings is 1. The normalized spacial score (nSPS) is 17.2. The maximum absolute atomic E-state index is 12.9. The molecule has 0 bridgehead atoms. The zero-order valence-electron chi connectivity index (χ0n) is 15.0. The van der Waals surface area contributed by atoms with Crippen molar-refractivity contribution in [3.63, 3.8) is 0 Å². The maximum atomic E-state index is 12.9. The summed E-state index contributed by atoms with van der Waals surface area (Å²) in [5.74, 6) is 0.844. The highest BCUT2D eigenvalue weighted by Crippen LogP contribution is 2.26. The van der Waals surface area contributed by atoms with Crippen LogP contribution < -0.4 is 5.32 Å². The zero-order valence-corrected chi connectivity index (χ0v) is 15.0. The summed E-state index contributed by atoms with van der Waals surface area (Å²) in [4.78, 5) is 14.4. The largest absolute Gasteiger partial charge is 0.338 e. The van der Waals surface area contributed by atoms with E-state index in [2.05, 4.69) is 15.5 Å². The number of piperidine rings is 1. The van der Waals surface area contributed by atoms with Gasteiger partial charge in [0.15, 0.2) is 5.65 Å². The molecule has 1 fully saturated rings. The van der Waals surface area contributed by atoms with Crippen molar-refractivity contribution in [3.05, 3.63) is 65.9 Å². The molecular weight excluding hydrogens is 345 g/mol. The molecule has 0 spiro atoms. The van der Waals surface area contributed by atoms with Gasteiger partial charge in [0.2, 0.25) is 0 Å². The van der Waals surface area contributed by atoms with E-state index in [0.29, 0.717) is 19.5 Å². The highest BCUT2D eigenvalue weighted by molar-refractivity contribution is 5.74. The summed E-state index contributed by atoms with van der Waals surface area (Å²) in [7, 11) is 0. The minimum atomic E-state index is -0.247. The number of hydrogen-bond donors (Lipinski definition) is 1. The minimum Gasteiger partial charge on any atom is -0.338 e. The minimum absolute atomic E-state index is 0.0596. The summed E-state index contributed by atoms with van der Waals surface area (Å²) in [5.41, 5.74) is 1.83. The Labute approximate surface area is 157 Å². The van der Waals surface area contributed by atoms with Gasteiger partial charge >= 0.3 is 6.03 Å². The zero-order chi connectivity index (χ0) is 18.6. The number of amides is 2. The summed E-state index contributed by atoms with van der Waals surface area (Å²) in [6.07, 6.45) is 4.58. The number of rotatable bonds is 4. The van der Waals surface area contributed by atoms with Crippen molar-refractivity contribution in [2.75, 3.05) is 19.6 Å². The molecule has 1 unspecified atom stereocenters. The number of carbonyl (C=O) groups excluding carboxylic acids is 1. The lowest BCUT2D eigenvalue weighted by atomic mass is 9.97. The standard InChI is InChI=1S/C20H22FN5O/c21-17-8-6-15(7-9-17)10-11-22-20(27)25-12-3-4-16(14-25)19-24-23-18-5-1-2-13-26(18)19/h1-2,5-9,13,16H,3-4,10-12,14H2,(H,22,27). The van der Waals surface area contributed by atoms with Gasteiger partial charge in [-0.3, -0.25) is 4.40 Å². The molecule has 1 saturated heterocycles. The van der Waals surface area contributed by atoms with Crippen LogP contribution in [-0.2, 0) is 6.42 Å². The molecule has 2 aromatic heterocycles. The van der Waals surface area contributed by atoms with Gasteiger partial charge in [0, 0.05) is 31.7 Å². The first-order valence-corrected chi connectivity index (χ1v) is 9.27. The summed E-state index contributed by atoms with van der Waals surface area (Å²) in [5, 5.41) is 11.5. The molecular formula is C20H22FN5O. The molecule has 27 heavy (non-hydrogen) atoms. The Morgan fingerprint density at radius 3 is 2.89 bits per heavy atom. The van der Waals surface area contributed by atoms with Crippen LogP contribution in [0.2, 0.25) is 0 Å². The lowest BCUT2D eigenvalue weighted by Crippen LogP contribution is -2.45. The Hall–Kier alpha value is -2.96. The van der Waals surface area contributed by atoms with E-state index in [9.17, 15) is 9.18 Å². The predicted molar refractivity (Wildman–Crippen MR) is 100 cm³/mol. The van der Waals surface area contributed by atoms with Gasteiger partial charge in [0.1, 0.15) is 11.6 Å². The van der Waals surface area contributed by atoms with Crippen molar-refractivity contribution in [3.8, 4) is 0 Å². The molecule has 1 aliphatic heterocycles. The van der Waals surface area contributed by atoms with E-state index < -0.39 is 0 Å². The second-order valence-electron chi connectivity index (χ2n) is 6.88. The van der Waals surface area contributed by atoms with Crippen molar-refractivity contribution in [1.82, 2.24) is 24.8 Å². The molecule has 1 aromatic carbocycles. The van der Waals surface area contributed by atoms with E-state index in [1.165, 1.54) is 12.1 Å². The Balaban J connectivity index is 1.35. The average molecular weight is 367 g/mol. The van der Waals surface area contributed by atoms with Gasteiger partial charge in [-0.2, -0.15) is 0 Å². The predicted octanol–water partition coefficient (Wildman–Crippen LogP) is 3.00. The number of aromatic nitrogens is 3. The van der Waals surface area contributed by atoms with Gasteiger partial charge < -0.3 is 10.2 Å². The van der Waals surface area contributed by atoms with Crippen molar-refractivity contribution in [1.29, 1.82) is 0 Å². The van der Waals surface area contributed by atoms with E-state index in [4.69, 9.17) is 0 Å². The smallest absolute Gasteiger partial charge is 0.317 e. The molecule has 0 radical (unpaired) electrons. The first-order chi connectivity index (χ1) is 13.2. The Kier molecular flexibility index (Phi) is 5.00. The molecule has 2 amide bonds. The molecule has 1 aliphatic rings. The summed E-state index contributed by atoms with van der Waals surface area (Å²) < 4.78 is 14.9. The monoisotopic (exact) mass is 367 g/mol. The van der Waals surface area contributed by atoms with E-state index >= 15 is 0 Å². The fourth-order valence-electron chi connectivity index (χ4n) is 3.59. The number of benzene rings is 1. The number of fused-ring (bicyclic) bond motifs is 1. The van der Waals surface area contributed by atoms with Crippen molar-refractivity contribution >= 4 is 11.7 Å². The van der Waals surface area contributed by atoms with Crippen LogP contribution in [0.4, 0.5) is 9.18 Å². The second kappa shape index (κ2) is 7.73. The third-order valence-electron chi connectivity index (χ3n) is 5.02. The number of nitrogens with zero attached hydrogens (tertiary/aromatic N) is 4. The summed E-state index contributed by atoms with van der Waals surface area (Å²) >= 11 is 0. The Morgan fingerprint density at radius 2 is 2.04 bits per heavy atom. The van der Waals surface area contributed by atoms with Gasteiger partial charge in [-0.15, -0.1) is 10.2 Å². The van der Waals surface area contributed by atoms with Gasteiger partial charge in [0.05, 0.1) is 0 Å². The van der Waals surface area contributed by atoms with Crippen LogP contribution in [0.1, 0.15) is 30.1 Å². The van der Waals surface area contributed by atoms with Gasteiger partial charge in [-0.25, -0.2) is 9.18 Å². The van der Waals surface area contributed by atoms with E-state index in [-0.39, 0.29) is 17.8 Å². The van der Waals surface area contributed by atoms with Crippen LogP contribution >= 0.6 is 0 Å². The Bertz CT molecular complexity index is 924.